The minimum atomic E-state index is -0.785. The molecule has 0 fully saturated rings. The van der Waals surface area contributed by atoms with Crippen LogP contribution in [-0.2, 0) is 11.0 Å². The van der Waals surface area contributed by atoms with Crippen LogP contribution in [0.5, 0.6) is 0 Å². The molecule has 0 bridgehead atoms. The van der Waals surface area contributed by atoms with E-state index in [1.54, 1.807) is 0 Å². The van der Waals surface area contributed by atoms with Gasteiger partial charge < -0.3 is 0 Å². The van der Waals surface area contributed by atoms with Gasteiger partial charge in [0.25, 0.3) is 0 Å². The zero-order valence-electron chi connectivity index (χ0n) is 7.96. The molecule has 0 amide bonds. The maximum Gasteiger partial charge on any atom is 0.0965 e. The predicted molar refractivity (Wildman–Crippen MR) is 50.8 cm³/mol. The highest BCUT2D eigenvalue weighted by Gasteiger charge is 2.10. The van der Waals surface area contributed by atoms with Crippen LogP contribution in [0.3, 0.4) is 0 Å². The summed E-state index contributed by atoms with van der Waals surface area (Å²) >= 11 is 0. The summed E-state index contributed by atoms with van der Waals surface area (Å²) < 4.78 is 13.3. The van der Waals surface area contributed by atoms with Crippen molar-refractivity contribution in [1.29, 1.82) is 0 Å². The molecule has 0 aliphatic rings. The molecule has 0 heterocycles. The largest absolute Gasteiger partial charge is 0.242 e. The Balaban J connectivity index is 3.64. The van der Waals surface area contributed by atoms with Crippen LogP contribution in [0.1, 0.15) is 33.6 Å². The SMILES string of the molecule is CCCCN(C)S(=O)C(C)C. The molecule has 0 radical (unpaired) electrons. The molecule has 0 aromatic rings. The number of hydrogen-bond donors (Lipinski definition) is 0. The lowest BCUT2D eigenvalue weighted by Crippen LogP contribution is -2.27. The van der Waals surface area contributed by atoms with Gasteiger partial charge in [0, 0.05) is 11.8 Å². The van der Waals surface area contributed by atoms with Crippen LogP contribution in [0.15, 0.2) is 0 Å². The van der Waals surface area contributed by atoms with Gasteiger partial charge in [-0.25, -0.2) is 8.51 Å². The Labute approximate surface area is 72.6 Å². The van der Waals surface area contributed by atoms with Crippen LogP contribution in [0.2, 0.25) is 0 Å². The Bertz CT molecular complexity index is 125. The maximum absolute atomic E-state index is 11.4. The van der Waals surface area contributed by atoms with Gasteiger partial charge in [-0.2, -0.15) is 0 Å². The number of rotatable bonds is 5. The molecule has 2 nitrogen and oxygen atoms in total. The Morgan fingerprint density at radius 3 is 2.36 bits per heavy atom. The zero-order valence-corrected chi connectivity index (χ0v) is 8.78. The van der Waals surface area contributed by atoms with Gasteiger partial charge in [0.15, 0.2) is 0 Å². The van der Waals surface area contributed by atoms with E-state index in [1.807, 2.05) is 25.2 Å². The molecule has 0 N–H and O–H groups in total. The Kier molecular flexibility index (Phi) is 5.78. The maximum atomic E-state index is 11.4. The molecule has 1 atom stereocenters. The van der Waals surface area contributed by atoms with Crippen molar-refractivity contribution in [3.05, 3.63) is 0 Å². The summed E-state index contributed by atoms with van der Waals surface area (Å²) in [6.45, 7) is 7.06. The normalized spacial score (nSPS) is 14.4. The highest BCUT2D eigenvalue weighted by molar-refractivity contribution is 7.83. The van der Waals surface area contributed by atoms with Crippen LogP contribution in [0.25, 0.3) is 0 Å². The first-order valence-electron chi connectivity index (χ1n) is 4.21. The first-order chi connectivity index (χ1) is 5.09. The molecule has 11 heavy (non-hydrogen) atoms. The minimum Gasteiger partial charge on any atom is -0.242 e. The fraction of sp³-hybridized carbons (Fsp3) is 1.00. The fourth-order valence-electron chi connectivity index (χ4n) is 0.831. The standard InChI is InChI=1S/C8H19NOS/c1-5-6-7-9(4)11(10)8(2)3/h8H,5-7H2,1-4H3. The first-order valence-corrected chi connectivity index (χ1v) is 5.38. The quantitative estimate of drug-likeness (QED) is 0.627. The Hall–Kier alpha value is 0.110. The summed E-state index contributed by atoms with van der Waals surface area (Å²) in [4.78, 5) is 0. The summed E-state index contributed by atoms with van der Waals surface area (Å²) in [5.41, 5.74) is 0. The molecular weight excluding hydrogens is 158 g/mol. The van der Waals surface area contributed by atoms with Crippen LogP contribution >= 0.6 is 0 Å². The number of nitrogens with zero attached hydrogens (tertiary/aromatic N) is 1. The van der Waals surface area contributed by atoms with Crippen LogP contribution in [0, 0.1) is 0 Å². The molecule has 0 aromatic carbocycles. The lowest BCUT2D eigenvalue weighted by Gasteiger charge is -2.17. The van der Waals surface area contributed by atoms with Gasteiger partial charge in [0.05, 0.1) is 11.0 Å². The third-order valence-electron chi connectivity index (χ3n) is 1.54. The van der Waals surface area contributed by atoms with Gasteiger partial charge >= 0.3 is 0 Å². The van der Waals surface area contributed by atoms with Crippen LogP contribution < -0.4 is 0 Å². The molecule has 0 spiro atoms. The molecule has 0 aromatic heterocycles. The van der Waals surface area contributed by atoms with E-state index in [0.717, 1.165) is 13.0 Å². The van der Waals surface area contributed by atoms with E-state index in [2.05, 4.69) is 6.92 Å². The Morgan fingerprint density at radius 1 is 1.45 bits per heavy atom. The molecule has 0 aliphatic carbocycles. The second-order valence-corrected chi connectivity index (χ2v) is 5.15. The monoisotopic (exact) mass is 177 g/mol. The molecule has 1 unspecified atom stereocenters. The van der Waals surface area contributed by atoms with E-state index in [9.17, 15) is 4.21 Å². The topological polar surface area (TPSA) is 20.3 Å². The first kappa shape index (κ1) is 11.1. The van der Waals surface area contributed by atoms with E-state index in [-0.39, 0.29) is 5.25 Å². The summed E-state index contributed by atoms with van der Waals surface area (Å²) in [5, 5.41) is 0.247. The van der Waals surface area contributed by atoms with E-state index in [4.69, 9.17) is 0 Å². The van der Waals surface area contributed by atoms with Crippen molar-refractivity contribution in [2.24, 2.45) is 0 Å². The van der Waals surface area contributed by atoms with Crippen LogP contribution in [0.4, 0.5) is 0 Å². The molecular formula is C8H19NOS. The minimum absolute atomic E-state index is 0.247. The summed E-state index contributed by atoms with van der Waals surface area (Å²) in [5.74, 6) is 0. The van der Waals surface area contributed by atoms with E-state index in [0.29, 0.717) is 0 Å². The van der Waals surface area contributed by atoms with Gasteiger partial charge in [-0.05, 0) is 27.3 Å². The summed E-state index contributed by atoms with van der Waals surface area (Å²) in [6, 6.07) is 0. The second kappa shape index (κ2) is 5.72. The fourth-order valence-corrected chi connectivity index (χ4v) is 1.86. The molecule has 3 heteroatoms. The van der Waals surface area contributed by atoms with Gasteiger partial charge in [-0.1, -0.05) is 13.3 Å². The average Bonchev–Trinajstić information content (AvgIpc) is 1.98. The molecule has 0 rings (SSSR count). The highest BCUT2D eigenvalue weighted by atomic mass is 32.2. The third-order valence-corrected chi connectivity index (χ3v) is 3.14. The highest BCUT2D eigenvalue weighted by Crippen LogP contribution is 2.01. The van der Waals surface area contributed by atoms with Crippen LogP contribution in [-0.4, -0.2) is 27.4 Å². The third kappa shape index (κ3) is 4.53. The van der Waals surface area contributed by atoms with Crippen molar-refractivity contribution in [1.82, 2.24) is 4.31 Å². The van der Waals surface area contributed by atoms with E-state index in [1.165, 1.54) is 6.42 Å². The van der Waals surface area contributed by atoms with Crippen molar-refractivity contribution >= 4 is 11.0 Å². The van der Waals surface area contributed by atoms with Crippen molar-refractivity contribution in [3.63, 3.8) is 0 Å². The predicted octanol–water partition coefficient (Wildman–Crippen LogP) is 1.79. The summed E-state index contributed by atoms with van der Waals surface area (Å²) in [6.07, 6.45) is 2.30. The van der Waals surface area contributed by atoms with Gasteiger partial charge in [0.1, 0.15) is 0 Å². The smallest absolute Gasteiger partial charge is 0.0965 e. The van der Waals surface area contributed by atoms with Gasteiger partial charge in [-0.15, -0.1) is 0 Å². The Morgan fingerprint density at radius 2 is 2.00 bits per heavy atom. The number of unbranched alkanes of at least 4 members (excludes halogenated alkanes) is 1. The lowest BCUT2D eigenvalue weighted by molar-refractivity contribution is 0.499. The van der Waals surface area contributed by atoms with E-state index >= 15 is 0 Å². The zero-order chi connectivity index (χ0) is 8.85. The van der Waals surface area contributed by atoms with Gasteiger partial charge in [-0.3, -0.25) is 0 Å². The van der Waals surface area contributed by atoms with Crippen molar-refractivity contribution < 1.29 is 4.21 Å². The summed E-state index contributed by atoms with van der Waals surface area (Å²) in [7, 11) is 1.14. The van der Waals surface area contributed by atoms with Gasteiger partial charge in [0.2, 0.25) is 0 Å². The van der Waals surface area contributed by atoms with Crippen molar-refractivity contribution in [3.8, 4) is 0 Å². The van der Waals surface area contributed by atoms with Crippen molar-refractivity contribution in [2.75, 3.05) is 13.6 Å². The molecule has 0 saturated heterocycles. The van der Waals surface area contributed by atoms with E-state index < -0.39 is 11.0 Å². The number of hydrogen-bond acceptors (Lipinski definition) is 1. The second-order valence-electron chi connectivity index (χ2n) is 3.03. The molecule has 0 saturated carbocycles. The molecule has 0 aliphatic heterocycles. The lowest BCUT2D eigenvalue weighted by atomic mass is 10.3. The van der Waals surface area contributed by atoms with Crippen molar-refractivity contribution in [2.45, 2.75) is 38.9 Å². The average molecular weight is 177 g/mol. The molecule has 68 valence electrons.